The molecule has 0 fully saturated rings. The molecule has 0 aliphatic rings. The van der Waals surface area contributed by atoms with Crippen molar-refractivity contribution < 1.29 is 30.4 Å². The monoisotopic (exact) mass is 285 g/mol. The van der Waals surface area contributed by atoms with E-state index in [-0.39, 0.29) is 0 Å². The van der Waals surface area contributed by atoms with Crippen LogP contribution in [-0.4, -0.2) is 45.8 Å². The van der Waals surface area contributed by atoms with E-state index in [1.54, 1.807) is 5.21 Å². The first-order valence-corrected chi connectivity index (χ1v) is 3.45. The molecule has 106 valence electrons. The molecule has 0 bridgehead atoms. The van der Waals surface area contributed by atoms with Gasteiger partial charge in [-0.05, 0) is 15.1 Å². The first kappa shape index (κ1) is 17.7. The summed E-state index contributed by atoms with van der Waals surface area (Å²) >= 11 is 0. The highest BCUT2D eigenvalue weighted by Gasteiger charge is 2.30. The maximum atomic E-state index is 9.97. The van der Waals surface area contributed by atoms with Gasteiger partial charge in [-0.15, -0.1) is 20.2 Å². The van der Waals surface area contributed by atoms with Gasteiger partial charge in [-0.25, -0.2) is 0 Å². The van der Waals surface area contributed by atoms with E-state index in [1.807, 2.05) is 0 Å². The van der Waals surface area contributed by atoms with E-state index in [4.69, 9.17) is 30.6 Å². The Morgan fingerprint density at radius 2 is 1.00 bits per heavy atom. The normalized spacial score (nSPS) is 8.00. The summed E-state index contributed by atoms with van der Waals surface area (Å²) in [5, 5.41) is 54.9. The van der Waals surface area contributed by atoms with Gasteiger partial charge < -0.3 is 30.6 Å². The number of nitrogens with zero attached hydrogens (tertiary/aromatic N) is 6. The minimum atomic E-state index is -1.50. The van der Waals surface area contributed by atoms with Crippen molar-refractivity contribution in [2.75, 3.05) is 0 Å². The highest BCUT2D eigenvalue weighted by Crippen LogP contribution is 2.18. The van der Waals surface area contributed by atoms with E-state index in [2.05, 4.69) is 10.2 Å². The Bertz CT molecular complexity index is 416. The molecule has 0 atom stereocenters. The highest BCUT2D eigenvalue weighted by molar-refractivity contribution is 5.36. The Morgan fingerprint density at radius 3 is 1.16 bits per heavy atom. The van der Waals surface area contributed by atoms with Crippen molar-refractivity contribution in [2.45, 2.75) is 0 Å². The zero-order chi connectivity index (χ0) is 15.6. The largest absolute Gasteiger partial charge is 0.491 e. The quantitative estimate of drug-likeness (QED) is 0.433. The molecule has 0 radical (unpaired) electrons. The third-order valence-corrected chi connectivity index (χ3v) is 0.858. The number of hydrogen-bond acceptors (Lipinski definition) is 10. The maximum absolute atomic E-state index is 9.97. The molecule has 0 unspecified atom stereocenters. The minimum absolute atomic E-state index is 0.880. The summed E-state index contributed by atoms with van der Waals surface area (Å²) in [5.41, 5.74) is 0. The lowest BCUT2D eigenvalue weighted by molar-refractivity contribution is -0.742. The van der Waals surface area contributed by atoms with Gasteiger partial charge in [0.25, 0.3) is 10.2 Å². The van der Waals surface area contributed by atoms with Crippen molar-refractivity contribution in [3.05, 3.63) is 40.5 Å². The van der Waals surface area contributed by atoms with Crippen molar-refractivity contribution in [1.82, 2.24) is 15.4 Å². The maximum Gasteiger partial charge on any atom is 0.491 e. The number of hydrogen-bond donors (Lipinski definition) is 3. The first-order chi connectivity index (χ1) is 8.59. The van der Waals surface area contributed by atoms with E-state index < -0.39 is 31.7 Å². The lowest BCUT2D eigenvalue weighted by atomic mass is 10.7. The molecule has 1 rings (SSSR count). The number of aromatic nitrogens is 3. The number of rotatable bonds is 2. The Kier molecular flexibility index (Phi) is 7.92. The smallest absolute Gasteiger partial charge is 0.358 e. The van der Waals surface area contributed by atoms with Crippen LogP contribution < -0.4 is 0 Å². The van der Waals surface area contributed by atoms with E-state index in [0.717, 1.165) is 0 Å². The van der Waals surface area contributed by atoms with Gasteiger partial charge in [0.15, 0.2) is 0 Å². The Balaban J connectivity index is 0. The van der Waals surface area contributed by atoms with Crippen LogP contribution in [0.5, 0.6) is 0 Å². The van der Waals surface area contributed by atoms with Gasteiger partial charge in [-0.2, -0.15) is 0 Å². The first-order valence-electron chi connectivity index (χ1n) is 3.45. The topological polar surface area (TPSA) is 255 Å². The van der Waals surface area contributed by atoms with E-state index in [0.29, 0.717) is 0 Å². The Morgan fingerprint density at radius 1 is 0.789 bits per heavy atom. The average molecular weight is 285 g/mol. The van der Waals surface area contributed by atoms with E-state index in [9.17, 15) is 20.2 Å². The SMILES string of the molecule is O=[N+]([O-])O.O=[N+]([O-])O.O=[N+]([O-])c1n[nH]nc1[N+](=O)[O-]. The second-order valence-electron chi connectivity index (χ2n) is 1.96. The van der Waals surface area contributed by atoms with Crippen LogP contribution in [0, 0.1) is 40.5 Å². The molecule has 0 amide bonds. The van der Waals surface area contributed by atoms with E-state index in [1.165, 1.54) is 0 Å². The van der Waals surface area contributed by atoms with Crippen LogP contribution >= 0.6 is 0 Å². The summed E-state index contributed by atoms with van der Waals surface area (Å²) < 4.78 is 0. The molecule has 0 saturated heterocycles. The summed E-state index contributed by atoms with van der Waals surface area (Å²) in [6.45, 7) is 0. The van der Waals surface area contributed by atoms with Crippen LogP contribution in [0.1, 0.15) is 0 Å². The van der Waals surface area contributed by atoms with Crippen LogP contribution in [0.2, 0.25) is 0 Å². The molecular formula is C2H3N7O10. The standard InChI is InChI=1S/C2HN5O4.2HNO3/c8-6(9)1-2(7(10)11)4-5-3-1;2*2-1(3)4/h(H,3,4,5);2*(H,2,3,4). The van der Waals surface area contributed by atoms with E-state index >= 15 is 0 Å². The van der Waals surface area contributed by atoms with Crippen LogP contribution in [-0.2, 0) is 0 Å². The molecular weight excluding hydrogens is 282 g/mol. The predicted octanol–water partition coefficient (Wildman–Crippen LogP) is -1.07. The number of nitrogens with one attached hydrogen (secondary N) is 1. The fraction of sp³-hybridized carbons (Fsp3) is 0. The zero-order valence-electron chi connectivity index (χ0n) is 8.34. The third-order valence-electron chi connectivity index (χ3n) is 0.858. The lowest BCUT2D eigenvalue weighted by Crippen LogP contribution is -1.94. The number of H-pyrrole nitrogens is 1. The number of nitro groups is 2. The number of aromatic amines is 1. The fourth-order valence-corrected chi connectivity index (χ4v) is 0.465. The molecule has 1 heterocycles. The van der Waals surface area contributed by atoms with Crippen LogP contribution in [0.15, 0.2) is 0 Å². The molecule has 0 aromatic carbocycles. The van der Waals surface area contributed by atoms with Crippen molar-refractivity contribution in [3.63, 3.8) is 0 Å². The Hall–Kier alpha value is -3.66. The molecule has 3 N–H and O–H groups in total. The molecule has 0 aliphatic carbocycles. The molecule has 1 aromatic rings. The van der Waals surface area contributed by atoms with Gasteiger partial charge in [0.05, 0.1) is 0 Å². The van der Waals surface area contributed by atoms with Gasteiger partial charge in [-0.1, -0.05) is 0 Å². The van der Waals surface area contributed by atoms with Gasteiger partial charge >= 0.3 is 11.6 Å². The lowest BCUT2D eigenvalue weighted by Gasteiger charge is -1.85. The summed E-state index contributed by atoms with van der Waals surface area (Å²) in [7, 11) is 0. The van der Waals surface area contributed by atoms with Gasteiger partial charge in [-0.3, -0.25) is 0 Å². The van der Waals surface area contributed by atoms with Crippen LogP contribution in [0.25, 0.3) is 0 Å². The van der Waals surface area contributed by atoms with Crippen LogP contribution in [0.3, 0.4) is 0 Å². The summed E-state index contributed by atoms with van der Waals surface area (Å²) in [6.07, 6.45) is 0. The van der Waals surface area contributed by atoms with Crippen molar-refractivity contribution in [1.29, 1.82) is 0 Å². The minimum Gasteiger partial charge on any atom is -0.358 e. The molecule has 1 aromatic heterocycles. The molecule has 0 saturated carbocycles. The van der Waals surface area contributed by atoms with Gasteiger partial charge in [0.1, 0.15) is 10.2 Å². The molecule has 17 heteroatoms. The molecule has 17 nitrogen and oxygen atoms in total. The second kappa shape index (κ2) is 8.49. The zero-order valence-corrected chi connectivity index (χ0v) is 8.34. The Labute approximate surface area is 99.1 Å². The third kappa shape index (κ3) is 10.6. The summed E-state index contributed by atoms with van der Waals surface area (Å²) in [6, 6.07) is 0. The second-order valence-corrected chi connectivity index (χ2v) is 1.96. The van der Waals surface area contributed by atoms with Crippen molar-refractivity contribution in [2.24, 2.45) is 0 Å². The molecule has 0 spiro atoms. The highest BCUT2D eigenvalue weighted by atomic mass is 16.9. The van der Waals surface area contributed by atoms with Gasteiger partial charge in [0, 0.05) is 0 Å². The molecule has 0 aliphatic heterocycles. The fourth-order valence-electron chi connectivity index (χ4n) is 0.465. The van der Waals surface area contributed by atoms with Crippen molar-refractivity contribution >= 4 is 11.6 Å². The predicted molar refractivity (Wildman–Crippen MR) is 47.3 cm³/mol. The summed E-state index contributed by atoms with van der Waals surface area (Å²) in [4.78, 5) is 34.7. The van der Waals surface area contributed by atoms with Crippen LogP contribution in [0.4, 0.5) is 11.6 Å². The molecule has 19 heavy (non-hydrogen) atoms. The van der Waals surface area contributed by atoms with Gasteiger partial charge in [0.2, 0.25) is 0 Å². The van der Waals surface area contributed by atoms with Crippen molar-refractivity contribution in [3.8, 4) is 0 Å². The average Bonchev–Trinajstić information content (AvgIpc) is 2.63. The summed E-state index contributed by atoms with van der Waals surface area (Å²) in [5.74, 6) is -1.76.